The summed E-state index contributed by atoms with van der Waals surface area (Å²) in [4.78, 5) is 23.7. The predicted molar refractivity (Wildman–Crippen MR) is 119 cm³/mol. The molecule has 0 amide bonds. The van der Waals surface area contributed by atoms with Gasteiger partial charge in [-0.2, -0.15) is 0 Å². The smallest absolute Gasteiger partial charge is 0.335 e. The molecule has 4 aromatic carbocycles. The van der Waals surface area contributed by atoms with Crippen molar-refractivity contribution in [2.24, 2.45) is 0 Å². The molecule has 31 heavy (non-hydrogen) atoms. The monoisotopic (exact) mass is 408 g/mol. The summed E-state index contributed by atoms with van der Waals surface area (Å²) in [7, 11) is 0. The van der Waals surface area contributed by atoms with E-state index in [4.69, 9.17) is 9.84 Å². The summed E-state index contributed by atoms with van der Waals surface area (Å²) in [5.74, 6) is -0.548. The number of hydrogen-bond acceptors (Lipinski definition) is 3. The first kappa shape index (κ1) is 20.1. The van der Waals surface area contributed by atoms with Crippen LogP contribution in [0.25, 0.3) is 0 Å². The number of ether oxygens (including phenoxy) is 1. The Morgan fingerprint density at radius 2 is 1.00 bits per heavy atom. The normalized spacial score (nSPS) is 10.6. The van der Waals surface area contributed by atoms with Crippen molar-refractivity contribution in [1.29, 1.82) is 0 Å². The fraction of sp³-hybridized carbons (Fsp3) is 0.0370. The Bertz CT molecular complexity index is 1130. The second-order valence-electron chi connectivity index (χ2n) is 7.06. The van der Waals surface area contributed by atoms with Gasteiger partial charge in [-0.3, -0.25) is 4.79 Å². The van der Waals surface area contributed by atoms with E-state index in [0.29, 0.717) is 16.9 Å². The highest BCUT2D eigenvalue weighted by molar-refractivity contribution is 6.09. The standard InChI is InChI=1S/C27H20O4/c28-25(19-11-13-23(14-12-19)27(29)30)20-15-17-24(18-16-20)31-26(21-7-3-1-4-8-21)22-9-5-2-6-10-22/h1-18,26H,(H,29,30). The molecule has 0 bridgehead atoms. The molecule has 4 nitrogen and oxygen atoms in total. The molecule has 152 valence electrons. The van der Waals surface area contributed by atoms with Crippen molar-refractivity contribution in [3.63, 3.8) is 0 Å². The molecule has 4 heteroatoms. The molecular formula is C27H20O4. The Balaban J connectivity index is 1.55. The maximum absolute atomic E-state index is 12.7. The lowest BCUT2D eigenvalue weighted by Gasteiger charge is -2.20. The zero-order chi connectivity index (χ0) is 21.6. The van der Waals surface area contributed by atoms with E-state index in [0.717, 1.165) is 11.1 Å². The van der Waals surface area contributed by atoms with Gasteiger partial charge in [-0.1, -0.05) is 72.8 Å². The summed E-state index contributed by atoms with van der Waals surface area (Å²) >= 11 is 0. The van der Waals surface area contributed by atoms with Crippen molar-refractivity contribution in [2.45, 2.75) is 6.10 Å². The van der Waals surface area contributed by atoms with Crippen LogP contribution in [-0.4, -0.2) is 16.9 Å². The summed E-state index contributed by atoms with van der Waals surface area (Å²) in [5, 5.41) is 9.00. The van der Waals surface area contributed by atoms with Crippen LogP contribution in [0.15, 0.2) is 109 Å². The molecule has 0 heterocycles. The third-order valence-electron chi connectivity index (χ3n) is 4.97. The molecule has 0 radical (unpaired) electrons. The third kappa shape index (κ3) is 4.70. The molecule has 0 aromatic heterocycles. The van der Waals surface area contributed by atoms with Gasteiger partial charge in [0.1, 0.15) is 11.9 Å². The molecule has 0 saturated carbocycles. The van der Waals surface area contributed by atoms with Crippen molar-refractivity contribution in [3.05, 3.63) is 137 Å². The van der Waals surface area contributed by atoms with Crippen LogP contribution >= 0.6 is 0 Å². The zero-order valence-electron chi connectivity index (χ0n) is 16.6. The quantitative estimate of drug-likeness (QED) is 0.394. The fourth-order valence-corrected chi connectivity index (χ4v) is 3.34. The first-order chi connectivity index (χ1) is 15.1. The van der Waals surface area contributed by atoms with Crippen molar-refractivity contribution < 1.29 is 19.4 Å². The number of carboxylic acid groups (broad SMARTS) is 1. The van der Waals surface area contributed by atoms with Crippen molar-refractivity contribution in [3.8, 4) is 5.75 Å². The van der Waals surface area contributed by atoms with Gasteiger partial charge < -0.3 is 9.84 Å². The van der Waals surface area contributed by atoms with Crippen LogP contribution in [0.4, 0.5) is 0 Å². The van der Waals surface area contributed by atoms with Gasteiger partial charge in [0.15, 0.2) is 5.78 Å². The topological polar surface area (TPSA) is 63.6 Å². The molecule has 0 saturated heterocycles. The lowest BCUT2D eigenvalue weighted by Crippen LogP contribution is -2.09. The third-order valence-corrected chi connectivity index (χ3v) is 4.97. The van der Waals surface area contributed by atoms with Gasteiger partial charge in [0, 0.05) is 11.1 Å². The van der Waals surface area contributed by atoms with Crippen molar-refractivity contribution in [1.82, 2.24) is 0 Å². The average Bonchev–Trinajstić information content (AvgIpc) is 2.83. The maximum atomic E-state index is 12.7. The van der Waals surface area contributed by atoms with Gasteiger partial charge in [-0.15, -0.1) is 0 Å². The van der Waals surface area contributed by atoms with Crippen LogP contribution in [0, 0.1) is 0 Å². The summed E-state index contributed by atoms with van der Waals surface area (Å²) in [6.07, 6.45) is -0.271. The summed E-state index contributed by atoms with van der Waals surface area (Å²) in [5.41, 5.74) is 3.16. The highest BCUT2D eigenvalue weighted by Gasteiger charge is 2.16. The fourth-order valence-electron chi connectivity index (χ4n) is 3.34. The molecule has 4 aromatic rings. The SMILES string of the molecule is O=C(O)c1ccc(C(=O)c2ccc(OC(c3ccccc3)c3ccccc3)cc2)cc1. The minimum absolute atomic E-state index is 0.146. The highest BCUT2D eigenvalue weighted by atomic mass is 16.5. The van der Waals surface area contributed by atoms with Gasteiger partial charge in [0.2, 0.25) is 0 Å². The van der Waals surface area contributed by atoms with Gasteiger partial charge in [0.05, 0.1) is 5.56 Å². The van der Waals surface area contributed by atoms with E-state index in [-0.39, 0.29) is 17.5 Å². The van der Waals surface area contributed by atoms with E-state index in [1.165, 1.54) is 24.3 Å². The number of carbonyl (C=O) groups excluding carboxylic acids is 1. The van der Waals surface area contributed by atoms with Gasteiger partial charge >= 0.3 is 5.97 Å². The number of benzene rings is 4. The number of hydrogen-bond donors (Lipinski definition) is 1. The number of ketones is 1. The molecule has 0 aliphatic carbocycles. The lowest BCUT2D eigenvalue weighted by molar-refractivity contribution is 0.0696. The minimum atomic E-state index is -1.02. The van der Waals surface area contributed by atoms with E-state index in [2.05, 4.69) is 0 Å². The predicted octanol–water partition coefficient (Wildman–Crippen LogP) is 5.78. The van der Waals surface area contributed by atoms with Crippen molar-refractivity contribution in [2.75, 3.05) is 0 Å². The summed E-state index contributed by atoms with van der Waals surface area (Å²) in [6, 6.07) is 32.8. The number of carboxylic acids is 1. The second-order valence-corrected chi connectivity index (χ2v) is 7.06. The van der Waals surface area contributed by atoms with Gasteiger partial charge in [-0.05, 0) is 47.5 Å². The largest absolute Gasteiger partial charge is 0.481 e. The number of carbonyl (C=O) groups is 2. The molecule has 0 atom stereocenters. The van der Waals surface area contributed by atoms with E-state index in [9.17, 15) is 9.59 Å². The number of rotatable bonds is 7. The summed E-state index contributed by atoms with van der Waals surface area (Å²) < 4.78 is 6.29. The van der Waals surface area contributed by atoms with E-state index in [1.807, 2.05) is 60.7 Å². The van der Waals surface area contributed by atoms with Gasteiger partial charge in [0.25, 0.3) is 0 Å². The van der Waals surface area contributed by atoms with E-state index < -0.39 is 5.97 Å². The Morgan fingerprint density at radius 1 is 0.581 bits per heavy atom. The Hall–Kier alpha value is -4.18. The second kappa shape index (κ2) is 9.09. The van der Waals surface area contributed by atoms with E-state index in [1.54, 1.807) is 24.3 Å². The van der Waals surface area contributed by atoms with Crippen LogP contribution < -0.4 is 4.74 Å². The molecule has 0 unspecified atom stereocenters. The Morgan fingerprint density at radius 3 is 1.45 bits per heavy atom. The van der Waals surface area contributed by atoms with Crippen LogP contribution in [-0.2, 0) is 0 Å². The first-order valence-electron chi connectivity index (χ1n) is 9.86. The van der Waals surface area contributed by atoms with Crippen LogP contribution in [0.2, 0.25) is 0 Å². The average molecular weight is 408 g/mol. The molecule has 0 spiro atoms. The highest BCUT2D eigenvalue weighted by Crippen LogP contribution is 2.28. The van der Waals surface area contributed by atoms with Crippen LogP contribution in [0.3, 0.4) is 0 Å². The minimum Gasteiger partial charge on any atom is -0.481 e. The molecular weight excluding hydrogens is 388 g/mol. The maximum Gasteiger partial charge on any atom is 0.335 e. The Labute approximate surface area is 180 Å². The van der Waals surface area contributed by atoms with Crippen molar-refractivity contribution >= 4 is 11.8 Å². The van der Waals surface area contributed by atoms with E-state index >= 15 is 0 Å². The molecule has 0 aliphatic rings. The van der Waals surface area contributed by atoms with Crippen LogP contribution in [0.1, 0.15) is 43.5 Å². The zero-order valence-corrected chi connectivity index (χ0v) is 16.6. The number of aromatic carboxylic acids is 1. The molecule has 0 aliphatic heterocycles. The lowest BCUT2D eigenvalue weighted by atomic mass is 10.0. The molecule has 4 rings (SSSR count). The molecule has 0 fully saturated rings. The summed E-state index contributed by atoms with van der Waals surface area (Å²) in [6.45, 7) is 0. The van der Waals surface area contributed by atoms with Crippen LogP contribution in [0.5, 0.6) is 5.75 Å². The Kier molecular flexibility index (Phi) is 5.90. The first-order valence-corrected chi connectivity index (χ1v) is 9.86. The molecule has 1 N–H and O–H groups in total. The van der Waals surface area contributed by atoms with Gasteiger partial charge in [-0.25, -0.2) is 4.79 Å².